The Balaban J connectivity index is 1.13. The number of piperidine rings is 1. The summed E-state index contributed by atoms with van der Waals surface area (Å²) in [4.78, 5) is 15.7. The first-order valence-corrected chi connectivity index (χ1v) is 10.9. The topological polar surface area (TPSA) is 68.5 Å². The first-order chi connectivity index (χ1) is 15.3. The average molecular weight is 417 g/mol. The molecule has 160 valence electrons. The van der Waals surface area contributed by atoms with Gasteiger partial charge in [-0.05, 0) is 37.1 Å². The van der Waals surface area contributed by atoms with Gasteiger partial charge < -0.3 is 14.5 Å². The molecule has 0 unspecified atom stereocenters. The fraction of sp³-hybridized carbons (Fsp3) is 0.458. The van der Waals surface area contributed by atoms with Crippen LogP contribution >= 0.6 is 0 Å². The molecule has 2 aromatic heterocycles. The molecule has 4 rings (SSSR count). The molecule has 31 heavy (non-hydrogen) atoms. The molecule has 2 aliphatic heterocycles. The molecule has 2 fully saturated rings. The van der Waals surface area contributed by atoms with Crippen LogP contribution < -0.4 is 9.80 Å². The molecule has 2 aromatic rings. The number of pyridine rings is 2. The molecule has 0 atom stereocenters. The van der Waals surface area contributed by atoms with Crippen molar-refractivity contribution in [3.8, 4) is 17.9 Å². The second-order valence-corrected chi connectivity index (χ2v) is 7.79. The molecule has 0 bridgehead atoms. The van der Waals surface area contributed by atoms with Gasteiger partial charge >= 0.3 is 0 Å². The lowest BCUT2D eigenvalue weighted by molar-refractivity contribution is 0.0593. The Morgan fingerprint density at radius 2 is 1.71 bits per heavy atom. The Morgan fingerprint density at radius 1 is 0.903 bits per heavy atom. The zero-order valence-electron chi connectivity index (χ0n) is 17.8. The quantitative estimate of drug-likeness (QED) is 0.692. The number of hydrogen-bond donors (Lipinski definition) is 0. The molecule has 0 spiro atoms. The van der Waals surface area contributed by atoms with Crippen molar-refractivity contribution in [1.82, 2.24) is 14.9 Å². The SMILES string of the molecule is N#Cc1cccnc1N1CCC(OCC#CCN2CCN(c3ccccn3)CC2)CC1. The van der Waals surface area contributed by atoms with Gasteiger partial charge in [-0.1, -0.05) is 17.9 Å². The Bertz CT molecular complexity index is 932. The van der Waals surface area contributed by atoms with Crippen LogP contribution in [-0.4, -0.2) is 73.4 Å². The molecule has 0 saturated carbocycles. The number of hydrogen-bond acceptors (Lipinski definition) is 7. The summed E-state index contributed by atoms with van der Waals surface area (Å²) in [5.41, 5.74) is 0.633. The zero-order chi connectivity index (χ0) is 21.3. The van der Waals surface area contributed by atoms with E-state index in [1.165, 1.54) is 0 Å². The van der Waals surface area contributed by atoms with Crippen LogP contribution in [0.25, 0.3) is 0 Å². The maximum atomic E-state index is 9.26. The third-order valence-corrected chi connectivity index (χ3v) is 5.81. The van der Waals surface area contributed by atoms with E-state index >= 15 is 0 Å². The monoisotopic (exact) mass is 416 g/mol. The van der Waals surface area contributed by atoms with E-state index in [1.54, 1.807) is 12.3 Å². The number of anilines is 2. The average Bonchev–Trinajstić information content (AvgIpc) is 2.85. The van der Waals surface area contributed by atoms with Crippen molar-refractivity contribution >= 4 is 11.6 Å². The number of nitriles is 1. The van der Waals surface area contributed by atoms with E-state index in [4.69, 9.17) is 4.74 Å². The lowest BCUT2D eigenvalue weighted by Crippen LogP contribution is -2.46. The van der Waals surface area contributed by atoms with Crippen molar-refractivity contribution in [2.24, 2.45) is 0 Å². The van der Waals surface area contributed by atoms with Gasteiger partial charge in [0.1, 0.15) is 24.3 Å². The second-order valence-electron chi connectivity index (χ2n) is 7.79. The van der Waals surface area contributed by atoms with Gasteiger partial charge in [-0.2, -0.15) is 5.26 Å². The van der Waals surface area contributed by atoms with Crippen LogP contribution in [0.4, 0.5) is 11.6 Å². The fourth-order valence-corrected chi connectivity index (χ4v) is 4.02. The molecule has 7 nitrogen and oxygen atoms in total. The van der Waals surface area contributed by atoms with Gasteiger partial charge in [-0.15, -0.1) is 0 Å². The Hall–Kier alpha value is -3.13. The maximum Gasteiger partial charge on any atom is 0.146 e. The van der Waals surface area contributed by atoms with Crippen LogP contribution in [0.5, 0.6) is 0 Å². The predicted molar refractivity (Wildman–Crippen MR) is 121 cm³/mol. The Kier molecular flexibility index (Phi) is 7.33. The summed E-state index contributed by atoms with van der Waals surface area (Å²) in [5, 5.41) is 9.26. The third-order valence-electron chi connectivity index (χ3n) is 5.81. The Morgan fingerprint density at radius 3 is 2.45 bits per heavy atom. The summed E-state index contributed by atoms with van der Waals surface area (Å²) in [6.45, 7) is 6.94. The van der Waals surface area contributed by atoms with Crippen LogP contribution in [0.15, 0.2) is 42.7 Å². The number of nitrogens with zero attached hydrogens (tertiary/aromatic N) is 6. The summed E-state index contributed by atoms with van der Waals surface area (Å²) in [6.07, 6.45) is 5.67. The number of aromatic nitrogens is 2. The van der Waals surface area contributed by atoms with Crippen LogP contribution in [0, 0.1) is 23.2 Å². The molecule has 0 aliphatic carbocycles. The first kappa shape index (κ1) is 21.1. The minimum atomic E-state index is 0.224. The molecular weight excluding hydrogens is 388 g/mol. The van der Waals surface area contributed by atoms with Gasteiger partial charge in [0, 0.05) is 51.7 Å². The van der Waals surface area contributed by atoms with E-state index in [9.17, 15) is 5.26 Å². The van der Waals surface area contributed by atoms with Crippen molar-refractivity contribution in [2.45, 2.75) is 18.9 Å². The molecule has 7 heteroatoms. The van der Waals surface area contributed by atoms with E-state index in [-0.39, 0.29) is 6.10 Å². The maximum absolute atomic E-state index is 9.26. The summed E-state index contributed by atoms with van der Waals surface area (Å²) in [5.74, 6) is 8.27. The van der Waals surface area contributed by atoms with Gasteiger partial charge in [0.05, 0.1) is 18.2 Å². The van der Waals surface area contributed by atoms with E-state index < -0.39 is 0 Å². The van der Waals surface area contributed by atoms with Crippen molar-refractivity contribution in [3.63, 3.8) is 0 Å². The van der Waals surface area contributed by atoms with E-state index in [1.807, 2.05) is 24.4 Å². The van der Waals surface area contributed by atoms with Gasteiger partial charge in [0.2, 0.25) is 0 Å². The van der Waals surface area contributed by atoms with Crippen molar-refractivity contribution < 1.29 is 4.74 Å². The molecule has 4 heterocycles. The highest BCUT2D eigenvalue weighted by Gasteiger charge is 2.22. The first-order valence-electron chi connectivity index (χ1n) is 10.9. The summed E-state index contributed by atoms with van der Waals surface area (Å²) < 4.78 is 5.97. The van der Waals surface area contributed by atoms with Crippen molar-refractivity contribution in [3.05, 3.63) is 48.3 Å². The molecule has 0 N–H and O–H groups in total. The second kappa shape index (κ2) is 10.8. The lowest BCUT2D eigenvalue weighted by Gasteiger charge is -2.34. The van der Waals surface area contributed by atoms with Crippen molar-refractivity contribution in [1.29, 1.82) is 5.26 Å². The number of rotatable bonds is 5. The van der Waals surface area contributed by atoms with E-state index in [0.717, 1.165) is 70.3 Å². The van der Waals surface area contributed by atoms with Gasteiger partial charge in [0.25, 0.3) is 0 Å². The highest BCUT2D eigenvalue weighted by Crippen LogP contribution is 2.22. The molecule has 0 amide bonds. The summed E-state index contributed by atoms with van der Waals surface area (Å²) in [6, 6.07) is 11.9. The summed E-state index contributed by atoms with van der Waals surface area (Å²) >= 11 is 0. The minimum absolute atomic E-state index is 0.224. The third kappa shape index (κ3) is 5.73. The van der Waals surface area contributed by atoms with Crippen LogP contribution in [-0.2, 0) is 4.74 Å². The molecular formula is C24H28N6O. The standard InChI is InChI=1S/C24H28N6O/c25-20-21-6-5-11-27-24(21)30-13-8-22(9-14-30)31-19-4-3-12-28-15-17-29(18-16-28)23-7-1-2-10-26-23/h1-2,5-7,10-11,22H,8-9,12-19H2. The summed E-state index contributed by atoms with van der Waals surface area (Å²) in [7, 11) is 0. The van der Waals surface area contributed by atoms with Gasteiger partial charge in [-0.3, -0.25) is 4.90 Å². The molecule has 2 saturated heterocycles. The smallest absolute Gasteiger partial charge is 0.146 e. The van der Waals surface area contributed by atoms with Crippen molar-refractivity contribution in [2.75, 3.05) is 62.2 Å². The largest absolute Gasteiger partial charge is 0.365 e. The number of ether oxygens (including phenoxy) is 1. The molecule has 0 radical (unpaired) electrons. The highest BCUT2D eigenvalue weighted by molar-refractivity contribution is 5.53. The lowest BCUT2D eigenvalue weighted by atomic mass is 10.1. The van der Waals surface area contributed by atoms with Gasteiger partial charge in [0.15, 0.2) is 0 Å². The van der Waals surface area contributed by atoms with Crippen LogP contribution in [0.1, 0.15) is 18.4 Å². The van der Waals surface area contributed by atoms with E-state index in [2.05, 4.69) is 48.6 Å². The predicted octanol–water partition coefficient (Wildman–Crippen LogP) is 2.16. The zero-order valence-corrected chi connectivity index (χ0v) is 17.8. The van der Waals surface area contributed by atoms with E-state index in [0.29, 0.717) is 12.2 Å². The van der Waals surface area contributed by atoms with Crippen LogP contribution in [0.2, 0.25) is 0 Å². The molecule has 2 aliphatic rings. The fourth-order valence-electron chi connectivity index (χ4n) is 4.02. The molecule has 0 aromatic carbocycles. The van der Waals surface area contributed by atoms with Crippen LogP contribution in [0.3, 0.4) is 0 Å². The normalized spacial score (nSPS) is 17.6. The van der Waals surface area contributed by atoms with Gasteiger partial charge in [-0.25, -0.2) is 9.97 Å². The Labute approximate surface area is 184 Å². The minimum Gasteiger partial charge on any atom is -0.365 e. The number of piperazine rings is 1. The highest BCUT2D eigenvalue weighted by atomic mass is 16.5.